The summed E-state index contributed by atoms with van der Waals surface area (Å²) in [5.74, 6) is -0.529. The van der Waals surface area contributed by atoms with E-state index in [9.17, 15) is 9.59 Å². The second kappa shape index (κ2) is 13.9. The fourth-order valence-corrected chi connectivity index (χ4v) is 4.48. The lowest BCUT2D eigenvalue weighted by Crippen LogP contribution is -2.29. The van der Waals surface area contributed by atoms with Gasteiger partial charge in [-0.3, -0.25) is 0 Å². The first-order valence-electron chi connectivity index (χ1n) is 13.2. The molecule has 0 spiro atoms. The molecule has 1 aliphatic rings. The number of hydrogen-bond acceptors (Lipinski definition) is 4. The summed E-state index contributed by atoms with van der Waals surface area (Å²) in [5, 5.41) is 0. The molecule has 0 saturated heterocycles. The van der Waals surface area contributed by atoms with Gasteiger partial charge < -0.3 is 9.47 Å². The molecule has 0 aliphatic heterocycles. The predicted molar refractivity (Wildman–Crippen MR) is 138 cm³/mol. The highest BCUT2D eigenvalue weighted by molar-refractivity contribution is 5.90. The first kappa shape index (κ1) is 26.0. The van der Waals surface area contributed by atoms with E-state index in [4.69, 9.17) is 9.47 Å². The molecule has 3 rings (SSSR count). The fraction of sp³-hybridized carbons (Fsp3) is 0.533. The smallest absolute Gasteiger partial charge is 0.338 e. The fourth-order valence-electron chi connectivity index (χ4n) is 4.48. The van der Waals surface area contributed by atoms with Crippen LogP contribution in [-0.4, -0.2) is 24.1 Å². The summed E-state index contributed by atoms with van der Waals surface area (Å²) in [5.41, 5.74) is 3.73. The van der Waals surface area contributed by atoms with E-state index in [0.717, 1.165) is 38.5 Å². The molecule has 4 heteroatoms. The van der Waals surface area contributed by atoms with E-state index in [1.807, 2.05) is 48.5 Å². The zero-order valence-electron chi connectivity index (χ0n) is 20.9. The standard InChI is InChI=1S/C30H40O4.H2/c1-3-5-7-9-23-11-15-25(16-12-23)29(31)33-27-19-21-28(22-20-27)34-30(32)26-17-13-24(14-18-26)10-8-6-4-2;/h11-18,27-28H,3-10,19-22H2,1-2H3;1H. The third-order valence-corrected chi connectivity index (χ3v) is 6.69. The van der Waals surface area contributed by atoms with Crippen molar-refractivity contribution in [1.82, 2.24) is 0 Å². The number of hydrogen-bond donors (Lipinski definition) is 0. The van der Waals surface area contributed by atoms with Gasteiger partial charge in [-0.1, -0.05) is 63.8 Å². The Balaban J connectivity index is 0.00000432. The van der Waals surface area contributed by atoms with Gasteiger partial charge in [0.25, 0.3) is 0 Å². The van der Waals surface area contributed by atoms with E-state index in [-0.39, 0.29) is 25.6 Å². The van der Waals surface area contributed by atoms with Crippen LogP contribution >= 0.6 is 0 Å². The average molecular weight is 467 g/mol. The molecule has 0 bridgehead atoms. The molecule has 0 aromatic heterocycles. The van der Waals surface area contributed by atoms with Crippen molar-refractivity contribution < 1.29 is 20.5 Å². The van der Waals surface area contributed by atoms with Crippen molar-refractivity contribution in [1.29, 1.82) is 0 Å². The summed E-state index contributed by atoms with van der Waals surface area (Å²) in [6.45, 7) is 4.40. The molecule has 186 valence electrons. The van der Waals surface area contributed by atoms with Gasteiger partial charge in [-0.25, -0.2) is 9.59 Å². The van der Waals surface area contributed by atoms with Gasteiger partial charge in [-0.15, -0.1) is 0 Å². The number of benzene rings is 2. The molecule has 0 amide bonds. The molecular formula is C30H42O4. The van der Waals surface area contributed by atoms with Crippen molar-refractivity contribution in [3.05, 3.63) is 70.8 Å². The van der Waals surface area contributed by atoms with Crippen LogP contribution in [0.3, 0.4) is 0 Å². The molecule has 34 heavy (non-hydrogen) atoms. The minimum absolute atomic E-state index is 0. The molecule has 1 saturated carbocycles. The molecule has 0 heterocycles. The Kier molecular flexibility index (Phi) is 10.7. The number of carbonyl (C=O) groups excluding carboxylic acids is 2. The van der Waals surface area contributed by atoms with E-state index < -0.39 is 0 Å². The molecule has 2 aromatic rings. The van der Waals surface area contributed by atoms with E-state index in [1.54, 1.807) is 0 Å². The minimum atomic E-state index is -0.264. The Labute approximate surface area is 206 Å². The molecule has 0 N–H and O–H groups in total. The van der Waals surface area contributed by atoms with Crippen molar-refractivity contribution in [2.75, 3.05) is 0 Å². The monoisotopic (exact) mass is 466 g/mol. The Morgan fingerprint density at radius 3 is 1.32 bits per heavy atom. The van der Waals surface area contributed by atoms with Crippen LogP contribution in [0.15, 0.2) is 48.5 Å². The maximum atomic E-state index is 12.5. The van der Waals surface area contributed by atoms with E-state index in [2.05, 4.69) is 13.8 Å². The van der Waals surface area contributed by atoms with E-state index >= 15 is 0 Å². The van der Waals surface area contributed by atoms with E-state index in [0.29, 0.717) is 11.1 Å². The zero-order chi connectivity index (χ0) is 24.2. The quantitative estimate of drug-likeness (QED) is 0.237. The van der Waals surface area contributed by atoms with Crippen LogP contribution in [0, 0.1) is 0 Å². The minimum Gasteiger partial charge on any atom is -0.459 e. The summed E-state index contributed by atoms with van der Waals surface area (Å²) in [6, 6.07) is 15.6. The molecule has 0 atom stereocenters. The van der Waals surface area contributed by atoms with Crippen molar-refractivity contribution in [2.24, 2.45) is 0 Å². The summed E-state index contributed by atoms with van der Waals surface area (Å²) < 4.78 is 11.5. The second-order valence-corrected chi connectivity index (χ2v) is 9.52. The van der Waals surface area contributed by atoms with Crippen molar-refractivity contribution in [3.8, 4) is 0 Å². The third kappa shape index (κ3) is 8.30. The average Bonchev–Trinajstić information content (AvgIpc) is 2.86. The lowest BCUT2D eigenvalue weighted by atomic mass is 9.94. The highest BCUT2D eigenvalue weighted by atomic mass is 16.6. The van der Waals surface area contributed by atoms with Gasteiger partial charge in [-0.2, -0.15) is 0 Å². The topological polar surface area (TPSA) is 52.6 Å². The Hall–Kier alpha value is -2.62. The van der Waals surface area contributed by atoms with Crippen molar-refractivity contribution in [3.63, 3.8) is 0 Å². The molecule has 2 aromatic carbocycles. The second-order valence-electron chi connectivity index (χ2n) is 9.52. The summed E-state index contributed by atoms with van der Waals surface area (Å²) in [6.07, 6.45) is 12.0. The van der Waals surface area contributed by atoms with Gasteiger partial charge in [-0.05, 0) is 86.8 Å². The summed E-state index contributed by atoms with van der Waals surface area (Å²) in [7, 11) is 0. The van der Waals surface area contributed by atoms with Gasteiger partial charge in [0, 0.05) is 1.43 Å². The highest BCUT2D eigenvalue weighted by Crippen LogP contribution is 2.25. The predicted octanol–water partition coefficient (Wildman–Crippen LogP) is 7.72. The summed E-state index contributed by atoms with van der Waals surface area (Å²) in [4.78, 5) is 25.1. The zero-order valence-corrected chi connectivity index (χ0v) is 20.9. The van der Waals surface area contributed by atoms with Crippen LogP contribution in [0.2, 0.25) is 0 Å². The van der Waals surface area contributed by atoms with Gasteiger partial charge in [0.15, 0.2) is 0 Å². The Morgan fingerprint density at radius 2 is 1.00 bits per heavy atom. The van der Waals surface area contributed by atoms with Gasteiger partial charge >= 0.3 is 11.9 Å². The number of unbranched alkanes of at least 4 members (excludes halogenated alkanes) is 4. The Morgan fingerprint density at radius 1 is 0.647 bits per heavy atom. The van der Waals surface area contributed by atoms with Gasteiger partial charge in [0.2, 0.25) is 0 Å². The van der Waals surface area contributed by atoms with Crippen LogP contribution in [0.5, 0.6) is 0 Å². The first-order chi connectivity index (χ1) is 16.6. The maximum absolute atomic E-state index is 12.5. The summed E-state index contributed by atoms with van der Waals surface area (Å²) >= 11 is 0. The van der Waals surface area contributed by atoms with Crippen LogP contribution in [0.1, 0.15) is 111 Å². The molecular weight excluding hydrogens is 424 g/mol. The number of aryl methyl sites for hydroxylation is 2. The molecule has 1 fully saturated rings. The lowest BCUT2D eigenvalue weighted by Gasteiger charge is -2.28. The van der Waals surface area contributed by atoms with Crippen molar-refractivity contribution in [2.45, 2.75) is 103 Å². The number of ether oxygens (including phenoxy) is 2. The molecule has 0 unspecified atom stereocenters. The third-order valence-electron chi connectivity index (χ3n) is 6.69. The lowest BCUT2D eigenvalue weighted by molar-refractivity contribution is -0.0108. The van der Waals surface area contributed by atoms with Crippen LogP contribution in [0.25, 0.3) is 0 Å². The van der Waals surface area contributed by atoms with Gasteiger partial charge in [0.05, 0.1) is 11.1 Å². The molecule has 0 radical (unpaired) electrons. The molecule has 4 nitrogen and oxygen atoms in total. The Bertz CT molecular complexity index is 808. The molecule has 1 aliphatic carbocycles. The van der Waals surface area contributed by atoms with Gasteiger partial charge in [0.1, 0.15) is 12.2 Å². The van der Waals surface area contributed by atoms with Crippen LogP contribution in [0.4, 0.5) is 0 Å². The normalized spacial score (nSPS) is 17.8. The first-order valence-corrected chi connectivity index (χ1v) is 13.2. The SMILES string of the molecule is CCCCCc1ccc(C(=O)OC2CCC(OC(=O)c3ccc(CCCCC)cc3)CC2)cc1.[HH]. The maximum Gasteiger partial charge on any atom is 0.338 e. The number of carbonyl (C=O) groups is 2. The number of esters is 2. The largest absolute Gasteiger partial charge is 0.459 e. The highest BCUT2D eigenvalue weighted by Gasteiger charge is 2.27. The van der Waals surface area contributed by atoms with Crippen molar-refractivity contribution >= 4 is 11.9 Å². The van der Waals surface area contributed by atoms with Crippen LogP contribution in [-0.2, 0) is 22.3 Å². The van der Waals surface area contributed by atoms with E-state index in [1.165, 1.54) is 49.7 Å². The number of rotatable bonds is 12. The van der Waals surface area contributed by atoms with Crippen LogP contribution < -0.4 is 0 Å².